The smallest absolute Gasteiger partial charge is 0.254 e. The third-order valence-electron chi connectivity index (χ3n) is 5.16. The Morgan fingerprint density at radius 3 is 2.79 bits per heavy atom. The number of allylic oxidation sites excluding steroid dienone is 3. The van der Waals surface area contributed by atoms with Gasteiger partial charge in [0.25, 0.3) is 5.91 Å². The molecule has 2 heterocycles. The minimum absolute atomic E-state index is 0.0675. The number of Topliss-reactive ketones (excluding diaryl/α,β-unsaturated/α-hetero) is 1. The Labute approximate surface area is 168 Å². The summed E-state index contributed by atoms with van der Waals surface area (Å²) in [5, 5.41) is 6.74. The van der Waals surface area contributed by atoms with Crippen LogP contribution in [0.3, 0.4) is 0 Å². The molecule has 0 bridgehead atoms. The molecule has 0 unspecified atom stereocenters. The lowest BCUT2D eigenvalue weighted by Crippen LogP contribution is -2.35. The maximum atomic E-state index is 13.2. The highest BCUT2D eigenvalue weighted by Gasteiger charge is 2.39. The van der Waals surface area contributed by atoms with Crippen molar-refractivity contribution in [1.29, 1.82) is 0 Å². The number of halogens is 1. The fraction of sp³-hybridized carbons (Fsp3) is 0.227. The van der Waals surface area contributed by atoms with E-state index in [4.69, 9.17) is 11.6 Å². The van der Waals surface area contributed by atoms with Crippen LogP contribution < -0.4 is 10.6 Å². The molecule has 1 atom stereocenters. The first-order valence-electron chi connectivity index (χ1n) is 9.26. The topological polar surface area (TPSA) is 71.1 Å². The van der Waals surface area contributed by atoms with E-state index >= 15 is 0 Å². The summed E-state index contributed by atoms with van der Waals surface area (Å²) in [6.45, 7) is 1.87. The molecule has 4 rings (SSSR count). The van der Waals surface area contributed by atoms with Gasteiger partial charge in [-0.25, -0.2) is 0 Å². The standard InChI is InChI=1S/C22H20ClN3O2/c1-13-19(22(28)26-14-6-5-11-24-12-14)20(15-7-2-3-8-16(15)23)21-17(25-13)9-4-10-18(21)27/h2-3,5-8,11-12,20,25H,4,9-10H2,1H3,(H,26,28)/t20-/m1/s1. The third-order valence-corrected chi connectivity index (χ3v) is 5.50. The predicted octanol–water partition coefficient (Wildman–Crippen LogP) is 4.34. The molecule has 0 fully saturated rings. The Balaban J connectivity index is 1.82. The number of carbonyl (C=O) groups is 2. The number of rotatable bonds is 3. The van der Waals surface area contributed by atoms with Crippen LogP contribution in [0.4, 0.5) is 5.69 Å². The summed E-state index contributed by atoms with van der Waals surface area (Å²) in [6, 6.07) is 10.9. The number of hydrogen-bond acceptors (Lipinski definition) is 4. The highest BCUT2D eigenvalue weighted by Crippen LogP contribution is 2.44. The lowest BCUT2D eigenvalue weighted by atomic mass is 9.75. The highest BCUT2D eigenvalue weighted by atomic mass is 35.5. The van der Waals surface area contributed by atoms with Gasteiger partial charge in [0, 0.05) is 46.1 Å². The minimum atomic E-state index is -0.491. The number of dihydropyridines is 1. The summed E-state index contributed by atoms with van der Waals surface area (Å²) in [5.74, 6) is -0.694. The highest BCUT2D eigenvalue weighted by molar-refractivity contribution is 6.31. The number of hydrogen-bond donors (Lipinski definition) is 2. The molecule has 2 aliphatic rings. The van der Waals surface area contributed by atoms with Gasteiger partial charge in [-0.3, -0.25) is 14.6 Å². The van der Waals surface area contributed by atoms with Crippen molar-refractivity contribution < 1.29 is 9.59 Å². The van der Waals surface area contributed by atoms with Gasteiger partial charge in [0.05, 0.1) is 11.9 Å². The second kappa shape index (κ2) is 7.60. The number of nitrogens with zero attached hydrogens (tertiary/aromatic N) is 1. The summed E-state index contributed by atoms with van der Waals surface area (Å²) in [4.78, 5) is 30.1. The summed E-state index contributed by atoms with van der Waals surface area (Å²) in [6.07, 6.45) is 5.32. The summed E-state index contributed by atoms with van der Waals surface area (Å²) >= 11 is 6.50. The summed E-state index contributed by atoms with van der Waals surface area (Å²) < 4.78 is 0. The zero-order valence-corrected chi connectivity index (χ0v) is 16.2. The molecule has 0 spiro atoms. The zero-order valence-electron chi connectivity index (χ0n) is 15.5. The molecule has 28 heavy (non-hydrogen) atoms. The number of ketones is 1. The van der Waals surface area contributed by atoms with Gasteiger partial charge in [0.2, 0.25) is 0 Å². The number of pyridine rings is 1. The molecule has 0 radical (unpaired) electrons. The fourth-order valence-corrected chi connectivity index (χ4v) is 4.18. The van der Waals surface area contributed by atoms with Crippen LogP contribution in [0.15, 0.2) is 71.3 Å². The van der Waals surface area contributed by atoms with Crippen molar-refractivity contribution in [3.8, 4) is 0 Å². The van der Waals surface area contributed by atoms with Crippen molar-refractivity contribution in [2.75, 3.05) is 5.32 Å². The van der Waals surface area contributed by atoms with E-state index in [1.54, 1.807) is 30.6 Å². The fourth-order valence-electron chi connectivity index (χ4n) is 3.94. The Kier molecular flexibility index (Phi) is 5.01. The van der Waals surface area contributed by atoms with Gasteiger partial charge >= 0.3 is 0 Å². The molecular formula is C22H20ClN3O2. The van der Waals surface area contributed by atoms with Gasteiger partial charge in [0.1, 0.15) is 0 Å². The van der Waals surface area contributed by atoms with Gasteiger partial charge < -0.3 is 10.6 Å². The van der Waals surface area contributed by atoms with E-state index in [0.717, 1.165) is 29.8 Å². The molecule has 2 N–H and O–H groups in total. The molecule has 1 aromatic carbocycles. The van der Waals surface area contributed by atoms with Crippen molar-refractivity contribution in [3.63, 3.8) is 0 Å². The maximum absolute atomic E-state index is 13.2. The lowest BCUT2D eigenvalue weighted by Gasteiger charge is -2.34. The normalized spacial score (nSPS) is 19.2. The number of benzene rings is 1. The van der Waals surface area contributed by atoms with Crippen molar-refractivity contribution in [3.05, 3.63) is 81.9 Å². The first-order chi connectivity index (χ1) is 13.6. The number of carbonyl (C=O) groups excluding carboxylic acids is 2. The molecule has 1 aromatic heterocycles. The van der Waals surface area contributed by atoms with Crippen molar-refractivity contribution in [2.24, 2.45) is 0 Å². The van der Waals surface area contributed by atoms with E-state index in [1.807, 2.05) is 25.1 Å². The molecule has 1 amide bonds. The van der Waals surface area contributed by atoms with E-state index < -0.39 is 5.92 Å². The molecular weight excluding hydrogens is 374 g/mol. The molecule has 0 saturated carbocycles. The Bertz CT molecular complexity index is 1010. The summed E-state index contributed by atoms with van der Waals surface area (Å²) in [7, 11) is 0. The monoisotopic (exact) mass is 393 g/mol. The second-order valence-corrected chi connectivity index (χ2v) is 7.39. The van der Waals surface area contributed by atoms with E-state index in [-0.39, 0.29) is 11.7 Å². The van der Waals surface area contributed by atoms with Crippen molar-refractivity contribution in [2.45, 2.75) is 32.1 Å². The minimum Gasteiger partial charge on any atom is -0.362 e. The van der Waals surface area contributed by atoms with Gasteiger partial charge in [-0.15, -0.1) is 0 Å². The number of nitrogens with one attached hydrogen (secondary N) is 2. The van der Waals surface area contributed by atoms with Crippen LogP contribution in [0.2, 0.25) is 5.02 Å². The molecule has 142 valence electrons. The van der Waals surface area contributed by atoms with E-state index in [1.165, 1.54) is 0 Å². The van der Waals surface area contributed by atoms with Gasteiger partial charge in [0.15, 0.2) is 5.78 Å². The molecule has 2 aromatic rings. The quantitative estimate of drug-likeness (QED) is 0.813. The van der Waals surface area contributed by atoms with Gasteiger partial charge in [-0.2, -0.15) is 0 Å². The predicted molar refractivity (Wildman–Crippen MR) is 109 cm³/mol. The van der Waals surface area contributed by atoms with Crippen LogP contribution in [0, 0.1) is 0 Å². The molecule has 5 nitrogen and oxygen atoms in total. The largest absolute Gasteiger partial charge is 0.362 e. The maximum Gasteiger partial charge on any atom is 0.254 e. The average molecular weight is 394 g/mol. The molecule has 1 aliphatic heterocycles. The molecule has 6 heteroatoms. The van der Waals surface area contributed by atoms with Gasteiger partial charge in [-0.1, -0.05) is 29.8 Å². The first kappa shape index (κ1) is 18.4. The average Bonchev–Trinajstić information content (AvgIpc) is 2.68. The van der Waals surface area contributed by atoms with Crippen LogP contribution >= 0.6 is 11.6 Å². The Morgan fingerprint density at radius 1 is 1.21 bits per heavy atom. The first-order valence-corrected chi connectivity index (χ1v) is 9.64. The van der Waals surface area contributed by atoms with E-state index in [9.17, 15) is 9.59 Å². The Hall–Kier alpha value is -2.92. The van der Waals surface area contributed by atoms with Crippen LogP contribution in [0.1, 0.15) is 37.7 Å². The zero-order chi connectivity index (χ0) is 19.7. The number of aromatic nitrogens is 1. The molecule has 1 aliphatic carbocycles. The van der Waals surface area contributed by atoms with Gasteiger partial charge in [-0.05, 0) is 43.5 Å². The Morgan fingerprint density at radius 2 is 2.04 bits per heavy atom. The SMILES string of the molecule is CC1=C(C(=O)Nc2cccnc2)[C@@H](c2ccccc2Cl)C2=C(CCCC2=O)N1. The van der Waals surface area contributed by atoms with Crippen molar-refractivity contribution in [1.82, 2.24) is 10.3 Å². The van der Waals surface area contributed by atoms with Crippen LogP contribution in [-0.2, 0) is 9.59 Å². The van der Waals surface area contributed by atoms with E-state index in [0.29, 0.717) is 28.3 Å². The lowest BCUT2D eigenvalue weighted by molar-refractivity contribution is -0.116. The van der Waals surface area contributed by atoms with Crippen LogP contribution in [-0.4, -0.2) is 16.7 Å². The van der Waals surface area contributed by atoms with E-state index in [2.05, 4.69) is 15.6 Å². The molecule has 0 saturated heterocycles. The number of anilines is 1. The van der Waals surface area contributed by atoms with Crippen LogP contribution in [0.5, 0.6) is 0 Å². The second-order valence-electron chi connectivity index (χ2n) is 6.98. The number of amides is 1. The summed E-state index contributed by atoms with van der Waals surface area (Å²) in [5.41, 5.74) is 4.16. The third kappa shape index (κ3) is 3.34. The van der Waals surface area contributed by atoms with Crippen LogP contribution in [0.25, 0.3) is 0 Å². The van der Waals surface area contributed by atoms with Crippen molar-refractivity contribution >= 4 is 29.0 Å².